The number of carboxylic acids is 1. The Morgan fingerprint density at radius 3 is 2.36 bits per heavy atom. The summed E-state index contributed by atoms with van der Waals surface area (Å²) >= 11 is 0.923. The van der Waals surface area contributed by atoms with E-state index in [0.29, 0.717) is 5.56 Å². The fraction of sp³-hybridized carbons (Fsp3) is 0.154. The van der Waals surface area contributed by atoms with Crippen molar-refractivity contribution in [2.75, 3.05) is 11.5 Å². The van der Waals surface area contributed by atoms with E-state index in [9.17, 15) is 29.1 Å². The van der Waals surface area contributed by atoms with Gasteiger partial charge in [-0.15, -0.1) is 0 Å². The van der Waals surface area contributed by atoms with E-state index in [1.165, 1.54) is 42.6 Å². The van der Waals surface area contributed by atoms with Crippen LogP contribution >= 0.6 is 11.8 Å². The second-order valence-electron chi connectivity index (χ2n) is 7.95. The second-order valence-corrected chi connectivity index (χ2v) is 9.14. The standard InChI is InChI=1S/C26H20N2O7S/c1-15-4-6-16(7-5-15)20(29)14-35-26(34)17-8-10-18(11-9-17)28-22(30)13-21(24(28)31)36-23-19(25(32)33)3-2-12-27-23/h2-12,21H,13-14H2,1H3,(H,32,33). The molecule has 0 spiro atoms. The number of anilines is 1. The molecule has 2 amide bonds. The van der Waals surface area contributed by atoms with Gasteiger partial charge in [-0.2, -0.15) is 0 Å². The van der Waals surface area contributed by atoms with E-state index in [-0.39, 0.29) is 34.0 Å². The summed E-state index contributed by atoms with van der Waals surface area (Å²) in [4.78, 5) is 66.5. The van der Waals surface area contributed by atoms with Gasteiger partial charge in [0, 0.05) is 18.2 Å². The molecule has 1 saturated heterocycles. The molecule has 4 rings (SSSR count). The Hall–Kier alpha value is -4.31. The molecule has 1 fully saturated rings. The molecular weight excluding hydrogens is 484 g/mol. The average molecular weight is 505 g/mol. The Balaban J connectivity index is 1.40. The number of hydrogen-bond donors (Lipinski definition) is 1. The van der Waals surface area contributed by atoms with E-state index in [4.69, 9.17) is 4.74 Å². The molecule has 1 aliphatic rings. The maximum absolute atomic E-state index is 12.9. The second kappa shape index (κ2) is 10.5. The molecule has 1 unspecified atom stereocenters. The molecule has 1 aromatic heterocycles. The number of thioether (sulfide) groups is 1. The topological polar surface area (TPSA) is 131 Å². The number of carboxylic acid groups (broad SMARTS) is 1. The summed E-state index contributed by atoms with van der Waals surface area (Å²) in [6.45, 7) is 1.48. The third kappa shape index (κ3) is 5.33. The predicted molar refractivity (Wildman–Crippen MR) is 130 cm³/mol. The van der Waals surface area contributed by atoms with Crippen LogP contribution in [-0.4, -0.2) is 51.5 Å². The number of rotatable bonds is 8. The lowest BCUT2D eigenvalue weighted by molar-refractivity contribution is -0.121. The summed E-state index contributed by atoms with van der Waals surface area (Å²) in [5.74, 6) is -3.20. The molecule has 0 radical (unpaired) electrons. The quantitative estimate of drug-likeness (QED) is 0.278. The lowest BCUT2D eigenvalue weighted by Crippen LogP contribution is -2.31. The van der Waals surface area contributed by atoms with E-state index in [2.05, 4.69) is 4.98 Å². The summed E-state index contributed by atoms with van der Waals surface area (Å²) < 4.78 is 5.10. The minimum Gasteiger partial charge on any atom is -0.478 e. The van der Waals surface area contributed by atoms with Gasteiger partial charge in [-0.25, -0.2) is 19.5 Å². The van der Waals surface area contributed by atoms with Gasteiger partial charge < -0.3 is 9.84 Å². The first-order valence-electron chi connectivity index (χ1n) is 10.8. The van der Waals surface area contributed by atoms with Crippen LogP contribution in [0, 0.1) is 6.92 Å². The number of pyridine rings is 1. The number of nitrogens with zero attached hydrogens (tertiary/aromatic N) is 2. The molecule has 1 atom stereocenters. The van der Waals surface area contributed by atoms with E-state index in [0.717, 1.165) is 22.2 Å². The molecular formula is C26H20N2O7S. The predicted octanol–water partition coefficient (Wildman–Crippen LogP) is 3.55. The third-order valence-corrected chi connectivity index (χ3v) is 6.63. The van der Waals surface area contributed by atoms with Crippen molar-refractivity contribution in [3.63, 3.8) is 0 Å². The van der Waals surface area contributed by atoms with Crippen molar-refractivity contribution in [1.29, 1.82) is 0 Å². The van der Waals surface area contributed by atoms with Crippen LogP contribution in [0.25, 0.3) is 0 Å². The van der Waals surface area contributed by atoms with Crippen LogP contribution in [0.15, 0.2) is 71.9 Å². The summed E-state index contributed by atoms with van der Waals surface area (Å²) in [5.41, 5.74) is 1.80. The molecule has 0 bridgehead atoms. The lowest BCUT2D eigenvalue weighted by Gasteiger charge is -2.15. The largest absolute Gasteiger partial charge is 0.478 e. The van der Waals surface area contributed by atoms with Gasteiger partial charge in [0.25, 0.3) is 0 Å². The monoisotopic (exact) mass is 504 g/mol. The highest BCUT2D eigenvalue weighted by Gasteiger charge is 2.41. The number of imide groups is 1. The zero-order chi connectivity index (χ0) is 25.8. The number of amides is 2. The summed E-state index contributed by atoms with van der Waals surface area (Å²) in [7, 11) is 0. The Morgan fingerprint density at radius 1 is 1.03 bits per heavy atom. The SMILES string of the molecule is Cc1ccc(C(=O)COC(=O)c2ccc(N3C(=O)CC(Sc4ncccc4C(=O)O)C3=O)cc2)cc1. The fourth-order valence-corrected chi connectivity index (χ4v) is 4.64. The fourth-order valence-electron chi connectivity index (χ4n) is 3.53. The highest BCUT2D eigenvalue weighted by molar-refractivity contribution is 8.00. The Bertz CT molecular complexity index is 1350. The zero-order valence-corrected chi connectivity index (χ0v) is 19.9. The number of ketones is 1. The molecule has 2 heterocycles. The molecule has 2 aromatic carbocycles. The highest BCUT2D eigenvalue weighted by atomic mass is 32.2. The summed E-state index contributed by atoms with van der Waals surface area (Å²) in [6.07, 6.45) is 1.30. The smallest absolute Gasteiger partial charge is 0.338 e. The van der Waals surface area contributed by atoms with Gasteiger partial charge in [0.15, 0.2) is 12.4 Å². The third-order valence-electron chi connectivity index (χ3n) is 5.43. The minimum atomic E-state index is -1.18. The van der Waals surface area contributed by atoms with Crippen LogP contribution in [0.4, 0.5) is 5.69 Å². The van der Waals surface area contributed by atoms with Crippen LogP contribution < -0.4 is 4.90 Å². The van der Waals surface area contributed by atoms with Gasteiger partial charge in [-0.05, 0) is 43.3 Å². The highest BCUT2D eigenvalue weighted by Crippen LogP contribution is 2.34. The molecule has 36 heavy (non-hydrogen) atoms. The summed E-state index contributed by atoms with van der Waals surface area (Å²) in [5, 5.41) is 8.64. The first kappa shape index (κ1) is 24.8. The van der Waals surface area contributed by atoms with Gasteiger partial charge in [-0.3, -0.25) is 14.4 Å². The Labute approximate surface area is 210 Å². The number of aromatic nitrogens is 1. The van der Waals surface area contributed by atoms with E-state index in [1.54, 1.807) is 24.3 Å². The van der Waals surface area contributed by atoms with Gasteiger partial charge in [-0.1, -0.05) is 41.6 Å². The van der Waals surface area contributed by atoms with Gasteiger partial charge in [0.1, 0.15) is 5.03 Å². The van der Waals surface area contributed by atoms with Crippen molar-refractivity contribution >= 4 is 47.0 Å². The van der Waals surface area contributed by atoms with Crippen LogP contribution in [0.2, 0.25) is 0 Å². The molecule has 3 aromatic rings. The number of carbonyl (C=O) groups excluding carboxylic acids is 4. The first-order chi connectivity index (χ1) is 17.2. The minimum absolute atomic E-state index is 0.0510. The Morgan fingerprint density at radius 2 is 1.69 bits per heavy atom. The van der Waals surface area contributed by atoms with Crippen LogP contribution in [-0.2, 0) is 14.3 Å². The van der Waals surface area contributed by atoms with E-state index < -0.39 is 35.6 Å². The van der Waals surface area contributed by atoms with Crippen molar-refractivity contribution < 1.29 is 33.8 Å². The van der Waals surface area contributed by atoms with Gasteiger partial charge >= 0.3 is 11.9 Å². The van der Waals surface area contributed by atoms with Crippen molar-refractivity contribution in [3.05, 3.63) is 89.1 Å². The normalized spacial score (nSPS) is 15.1. The number of carbonyl (C=O) groups is 5. The number of esters is 1. The number of aryl methyl sites for hydroxylation is 1. The molecule has 10 heteroatoms. The van der Waals surface area contributed by atoms with Crippen LogP contribution in [0.5, 0.6) is 0 Å². The molecule has 0 aliphatic carbocycles. The van der Waals surface area contributed by atoms with Crippen molar-refractivity contribution in [2.24, 2.45) is 0 Å². The van der Waals surface area contributed by atoms with Crippen molar-refractivity contribution in [2.45, 2.75) is 23.6 Å². The number of aromatic carboxylic acids is 1. The lowest BCUT2D eigenvalue weighted by atomic mass is 10.1. The molecule has 1 aliphatic heterocycles. The maximum Gasteiger partial charge on any atom is 0.338 e. The summed E-state index contributed by atoms with van der Waals surface area (Å²) in [6, 6.07) is 15.4. The molecule has 0 saturated carbocycles. The Kier molecular flexibility index (Phi) is 7.25. The van der Waals surface area contributed by atoms with Crippen LogP contribution in [0.1, 0.15) is 43.1 Å². The van der Waals surface area contributed by atoms with Gasteiger partial charge in [0.2, 0.25) is 11.8 Å². The zero-order valence-electron chi connectivity index (χ0n) is 19.0. The number of benzene rings is 2. The molecule has 1 N–H and O–H groups in total. The number of hydrogen-bond acceptors (Lipinski definition) is 8. The van der Waals surface area contributed by atoms with Crippen molar-refractivity contribution in [3.8, 4) is 0 Å². The maximum atomic E-state index is 12.9. The molecule has 9 nitrogen and oxygen atoms in total. The van der Waals surface area contributed by atoms with Crippen LogP contribution in [0.3, 0.4) is 0 Å². The first-order valence-corrected chi connectivity index (χ1v) is 11.7. The average Bonchev–Trinajstić information content (AvgIpc) is 3.15. The van der Waals surface area contributed by atoms with E-state index in [1.807, 2.05) is 6.92 Å². The number of ether oxygens (including phenoxy) is 1. The number of Topliss-reactive ketones (excluding diaryl/α,β-unsaturated/α-hetero) is 1. The van der Waals surface area contributed by atoms with E-state index >= 15 is 0 Å². The van der Waals surface area contributed by atoms with Crippen molar-refractivity contribution in [1.82, 2.24) is 4.98 Å². The van der Waals surface area contributed by atoms with Gasteiger partial charge in [0.05, 0.1) is 22.1 Å². The molecule has 182 valence electrons.